The SMILES string of the molecule is CCCCCCOc1cc(-c2ccc(/C=C/C(=O)O)cc2)ccc1OC. The summed E-state index contributed by atoms with van der Waals surface area (Å²) in [7, 11) is 1.64. The van der Waals surface area contributed by atoms with Crippen molar-refractivity contribution in [2.45, 2.75) is 32.6 Å². The second-order valence-electron chi connectivity index (χ2n) is 6.07. The third-order valence-corrected chi connectivity index (χ3v) is 4.08. The molecule has 0 saturated heterocycles. The Morgan fingerprint density at radius 3 is 2.38 bits per heavy atom. The number of methoxy groups -OCH3 is 1. The van der Waals surface area contributed by atoms with Crippen molar-refractivity contribution in [1.29, 1.82) is 0 Å². The first kappa shape index (κ1) is 19.6. The Labute approximate surface area is 155 Å². The van der Waals surface area contributed by atoms with Crippen LogP contribution in [0.4, 0.5) is 0 Å². The molecule has 0 aliphatic heterocycles. The molecule has 138 valence electrons. The van der Waals surface area contributed by atoms with E-state index in [-0.39, 0.29) is 0 Å². The fraction of sp³-hybridized carbons (Fsp3) is 0.318. The first-order valence-electron chi connectivity index (χ1n) is 8.96. The molecule has 0 bridgehead atoms. The van der Waals surface area contributed by atoms with Crippen molar-refractivity contribution in [3.63, 3.8) is 0 Å². The van der Waals surface area contributed by atoms with Gasteiger partial charge in [-0.25, -0.2) is 4.79 Å². The van der Waals surface area contributed by atoms with Gasteiger partial charge in [0.05, 0.1) is 13.7 Å². The Morgan fingerprint density at radius 1 is 1.00 bits per heavy atom. The smallest absolute Gasteiger partial charge is 0.328 e. The molecule has 2 aromatic carbocycles. The van der Waals surface area contributed by atoms with Crippen LogP contribution in [-0.2, 0) is 4.79 Å². The number of ether oxygens (including phenoxy) is 2. The minimum Gasteiger partial charge on any atom is -0.493 e. The van der Waals surface area contributed by atoms with Gasteiger partial charge in [-0.1, -0.05) is 56.5 Å². The lowest BCUT2D eigenvalue weighted by atomic mass is 10.0. The third-order valence-electron chi connectivity index (χ3n) is 4.08. The average molecular weight is 354 g/mol. The summed E-state index contributed by atoms with van der Waals surface area (Å²) in [6, 6.07) is 13.6. The van der Waals surface area contributed by atoms with Crippen LogP contribution in [0.5, 0.6) is 11.5 Å². The Kier molecular flexibility index (Phi) is 7.75. The predicted molar refractivity (Wildman–Crippen MR) is 105 cm³/mol. The second-order valence-corrected chi connectivity index (χ2v) is 6.07. The Morgan fingerprint density at radius 2 is 1.73 bits per heavy atom. The van der Waals surface area contributed by atoms with Crippen LogP contribution in [0.15, 0.2) is 48.5 Å². The molecule has 0 aliphatic carbocycles. The molecule has 2 aromatic rings. The maximum absolute atomic E-state index is 10.6. The highest BCUT2D eigenvalue weighted by Crippen LogP contribution is 2.33. The van der Waals surface area contributed by atoms with Gasteiger partial charge in [0.25, 0.3) is 0 Å². The lowest BCUT2D eigenvalue weighted by Crippen LogP contribution is -1.99. The highest BCUT2D eigenvalue weighted by molar-refractivity contribution is 5.85. The van der Waals surface area contributed by atoms with Gasteiger partial charge in [-0.3, -0.25) is 0 Å². The molecule has 0 aromatic heterocycles. The molecule has 0 unspecified atom stereocenters. The summed E-state index contributed by atoms with van der Waals surface area (Å²) in [6.45, 7) is 2.87. The molecular weight excluding hydrogens is 328 g/mol. The van der Waals surface area contributed by atoms with E-state index in [9.17, 15) is 4.79 Å². The number of benzene rings is 2. The van der Waals surface area contributed by atoms with Crippen molar-refractivity contribution in [3.8, 4) is 22.6 Å². The van der Waals surface area contributed by atoms with Crippen LogP contribution >= 0.6 is 0 Å². The molecule has 2 rings (SSSR count). The Hall–Kier alpha value is -2.75. The van der Waals surface area contributed by atoms with E-state index >= 15 is 0 Å². The van der Waals surface area contributed by atoms with Gasteiger partial charge in [0.1, 0.15) is 0 Å². The van der Waals surface area contributed by atoms with Crippen LogP contribution in [-0.4, -0.2) is 24.8 Å². The molecule has 26 heavy (non-hydrogen) atoms. The molecule has 0 radical (unpaired) electrons. The Bertz CT molecular complexity index is 732. The van der Waals surface area contributed by atoms with Gasteiger partial charge in [-0.05, 0) is 41.3 Å². The van der Waals surface area contributed by atoms with Crippen molar-refractivity contribution in [2.24, 2.45) is 0 Å². The summed E-state index contributed by atoms with van der Waals surface area (Å²) in [5, 5.41) is 8.69. The van der Waals surface area contributed by atoms with Gasteiger partial charge in [-0.15, -0.1) is 0 Å². The first-order valence-corrected chi connectivity index (χ1v) is 8.96. The van der Waals surface area contributed by atoms with Crippen LogP contribution < -0.4 is 9.47 Å². The molecule has 0 heterocycles. The molecule has 0 fully saturated rings. The summed E-state index contributed by atoms with van der Waals surface area (Å²) in [4.78, 5) is 10.6. The van der Waals surface area contributed by atoms with Crippen molar-refractivity contribution >= 4 is 12.0 Å². The zero-order chi connectivity index (χ0) is 18.8. The van der Waals surface area contributed by atoms with Gasteiger partial charge >= 0.3 is 5.97 Å². The Balaban J connectivity index is 2.11. The molecule has 0 atom stereocenters. The number of carboxylic acids is 1. The van der Waals surface area contributed by atoms with Gasteiger partial charge in [0.2, 0.25) is 0 Å². The van der Waals surface area contributed by atoms with Crippen LogP contribution in [0.3, 0.4) is 0 Å². The van der Waals surface area contributed by atoms with E-state index in [1.165, 1.54) is 19.3 Å². The maximum atomic E-state index is 10.6. The van der Waals surface area contributed by atoms with Gasteiger partial charge in [0, 0.05) is 6.08 Å². The average Bonchev–Trinajstić information content (AvgIpc) is 2.66. The van der Waals surface area contributed by atoms with E-state index < -0.39 is 5.97 Å². The molecule has 1 N–H and O–H groups in total. The molecular formula is C22H26O4. The van der Waals surface area contributed by atoms with Crippen molar-refractivity contribution in [1.82, 2.24) is 0 Å². The monoisotopic (exact) mass is 354 g/mol. The summed E-state index contributed by atoms with van der Waals surface area (Å²) in [6.07, 6.45) is 7.34. The standard InChI is InChI=1S/C22H26O4/c1-3-4-5-6-15-26-21-16-19(12-13-20(21)25-2)18-10-7-17(8-11-18)9-14-22(23)24/h7-14,16H,3-6,15H2,1-2H3,(H,23,24)/b14-9+. The van der Waals surface area contributed by atoms with Crippen LogP contribution in [0.2, 0.25) is 0 Å². The van der Waals surface area contributed by atoms with Crippen molar-refractivity contribution < 1.29 is 19.4 Å². The lowest BCUT2D eigenvalue weighted by Gasteiger charge is -2.12. The highest BCUT2D eigenvalue weighted by Gasteiger charge is 2.07. The molecule has 0 saturated carbocycles. The van der Waals surface area contributed by atoms with E-state index in [0.717, 1.165) is 40.7 Å². The quantitative estimate of drug-likeness (QED) is 0.457. The van der Waals surface area contributed by atoms with Gasteiger partial charge < -0.3 is 14.6 Å². The number of rotatable bonds is 10. The van der Waals surface area contributed by atoms with E-state index in [2.05, 4.69) is 6.92 Å². The number of carboxylic acid groups (broad SMARTS) is 1. The largest absolute Gasteiger partial charge is 0.493 e. The molecule has 4 heteroatoms. The zero-order valence-electron chi connectivity index (χ0n) is 15.4. The van der Waals surface area contributed by atoms with Crippen LogP contribution in [0.1, 0.15) is 38.2 Å². The fourth-order valence-corrected chi connectivity index (χ4v) is 2.63. The molecule has 0 aliphatic rings. The molecule has 0 amide bonds. The van der Waals surface area contributed by atoms with E-state index in [4.69, 9.17) is 14.6 Å². The normalized spacial score (nSPS) is 10.8. The van der Waals surface area contributed by atoms with E-state index in [1.54, 1.807) is 13.2 Å². The number of unbranched alkanes of at least 4 members (excludes halogenated alkanes) is 3. The first-order chi connectivity index (χ1) is 12.6. The molecule has 0 spiro atoms. The zero-order valence-corrected chi connectivity index (χ0v) is 15.4. The lowest BCUT2D eigenvalue weighted by molar-refractivity contribution is -0.131. The minimum absolute atomic E-state index is 0.679. The topological polar surface area (TPSA) is 55.8 Å². The number of hydrogen-bond acceptors (Lipinski definition) is 3. The predicted octanol–water partition coefficient (Wildman–Crippen LogP) is 5.42. The fourth-order valence-electron chi connectivity index (χ4n) is 2.63. The number of hydrogen-bond donors (Lipinski definition) is 1. The third kappa shape index (κ3) is 5.96. The van der Waals surface area contributed by atoms with Crippen LogP contribution in [0, 0.1) is 0 Å². The number of carbonyl (C=O) groups is 1. The van der Waals surface area contributed by atoms with Gasteiger partial charge in [0.15, 0.2) is 11.5 Å². The van der Waals surface area contributed by atoms with Crippen molar-refractivity contribution in [3.05, 3.63) is 54.1 Å². The number of aliphatic carboxylic acids is 1. The van der Waals surface area contributed by atoms with Crippen molar-refractivity contribution in [2.75, 3.05) is 13.7 Å². The van der Waals surface area contributed by atoms with Crippen LogP contribution in [0.25, 0.3) is 17.2 Å². The minimum atomic E-state index is -0.954. The molecule has 4 nitrogen and oxygen atoms in total. The summed E-state index contributed by atoms with van der Waals surface area (Å²) in [5.74, 6) is 0.520. The van der Waals surface area contributed by atoms with Gasteiger partial charge in [-0.2, -0.15) is 0 Å². The van der Waals surface area contributed by atoms with E-state index in [0.29, 0.717) is 6.61 Å². The summed E-state index contributed by atoms with van der Waals surface area (Å²) < 4.78 is 11.3. The highest BCUT2D eigenvalue weighted by atomic mass is 16.5. The second kappa shape index (κ2) is 10.3. The summed E-state index contributed by atoms with van der Waals surface area (Å²) >= 11 is 0. The maximum Gasteiger partial charge on any atom is 0.328 e. The van der Waals surface area contributed by atoms with E-state index in [1.807, 2.05) is 42.5 Å². The summed E-state index contributed by atoms with van der Waals surface area (Å²) in [5.41, 5.74) is 2.91.